The first-order chi connectivity index (χ1) is 5.06. The van der Waals surface area contributed by atoms with Crippen LogP contribution < -0.4 is 0 Å². The minimum atomic E-state index is -2.37. The molecule has 0 aromatic rings. The van der Waals surface area contributed by atoms with Gasteiger partial charge in [0.25, 0.3) is 5.92 Å². The first-order valence-electron chi connectivity index (χ1n) is 4.44. The van der Waals surface area contributed by atoms with Gasteiger partial charge >= 0.3 is 0 Å². The maximum atomic E-state index is 13.0. The fourth-order valence-corrected chi connectivity index (χ4v) is 1.88. The van der Waals surface area contributed by atoms with E-state index in [1.807, 2.05) is 6.92 Å². The zero-order chi connectivity index (χ0) is 8.48. The highest BCUT2D eigenvalue weighted by Crippen LogP contribution is 2.42. The Kier molecular flexibility index (Phi) is 2.50. The second-order valence-electron chi connectivity index (χ2n) is 3.75. The normalized spacial score (nSPS) is 37.1. The van der Waals surface area contributed by atoms with E-state index in [9.17, 15) is 8.78 Å². The SMILES string of the molecule is CCC1CC(C)CCC1(F)F. The molecule has 2 atom stereocenters. The Morgan fingerprint density at radius 2 is 2.09 bits per heavy atom. The van der Waals surface area contributed by atoms with Crippen LogP contribution in [0.5, 0.6) is 0 Å². The number of rotatable bonds is 1. The van der Waals surface area contributed by atoms with Gasteiger partial charge in [0.2, 0.25) is 0 Å². The van der Waals surface area contributed by atoms with Crippen LogP contribution in [0.4, 0.5) is 8.78 Å². The van der Waals surface area contributed by atoms with Crippen LogP contribution in [0.1, 0.15) is 39.5 Å². The Morgan fingerprint density at radius 1 is 1.45 bits per heavy atom. The van der Waals surface area contributed by atoms with Crippen molar-refractivity contribution in [3.63, 3.8) is 0 Å². The van der Waals surface area contributed by atoms with Crippen LogP contribution in [0.2, 0.25) is 0 Å². The average Bonchev–Trinajstić information content (AvgIpc) is 1.94. The van der Waals surface area contributed by atoms with Crippen LogP contribution >= 0.6 is 0 Å². The van der Waals surface area contributed by atoms with Crippen molar-refractivity contribution in [2.75, 3.05) is 0 Å². The Hall–Kier alpha value is -0.140. The number of hydrogen-bond acceptors (Lipinski definition) is 0. The van der Waals surface area contributed by atoms with E-state index in [2.05, 4.69) is 6.92 Å². The van der Waals surface area contributed by atoms with Gasteiger partial charge in [0.1, 0.15) is 0 Å². The van der Waals surface area contributed by atoms with Crippen LogP contribution in [0.3, 0.4) is 0 Å². The molecular formula is C9H16F2. The summed E-state index contributed by atoms with van der Waals surface area (Å²) < 4.78 is 26.1. The van der Waals surface area contributed by atoms with Crippen LogP contribution in [0.25, 0.3) is 0 Å². The van der Waals surface area contributed by atoms with E-state index in [1.54, 1.807) is 0 Å². The Morgan fingerprint density at radius 3 is 2.55 bits per heavy atom. The number of hydrogen-bond donors (Lipinski definition) is 0. The summed E-state index contributed by atoms with van der Waals surface area (Å²) in [6.07, 6.45) is 2.14. The third kappa shape index (κ3) is 1.91. The summed E-state index contributed by atoms with van der Waals surface area (Å²) in [5.74, 6) is -2.23. The zero-order valence-electron chi connectivity index (χ0n) is 7.24. The fraction of sp³-hybridized carbons (Fsp3) is 1.00. The molecule has 11 heavy (non-hydrogen) atoms. The Bertz CT molecular complexity index is 132. The maximum Gasteiger partial charge on any atom is 0.250 e. The summed E-state index contributed by atoms with van der Waals surface area (Å²) in [5, 5.41) is 0. The van der Waals surface area contributed by atoms with Gasteiger partial charge in [-0.25, -0.2) is 8.78 Å². The van der Waals surface area contributed by atoms with Crippen molar-refractivity contribution in [1.82, 2.24) is 0 Å². The summed E-state index contributed by atoms with van der Waals surface area (Å²) in [6.45, 7) is 3.93. The van der Waals surface area contributed by atoms with Gasteiger partial charge in [0.15, 0.2) is 0 Å². The molecule has 2 heteroatoms. The zero-order valence-corrected chi connectivity index (χ0v) is 7.24. The lowest BCUT2D eigenvalue weighted by Crippen LogP contribution is -2.34. The average molecular weight is 162 g/mol. The highest BCUT2D eigenvalue weighted by atomic mass is 19.3. The van der Waals surface area contributed by atoms with E-state index in [0.717, 1.165) is 0 Å². The van der Waals surface area contributed by atoms with E-state index in [0.29, 0.717) is 25.2 Å². The molecule has 0 aliphatic heterocycles. The molecule has 0 nitrogen and oxygen atoms in total. The lowest BCUT2D eigenvalue weighted by Gasteiger charge is -2.33. The van der Waals surface area contributed by atoms with Crippen molar-refractivity contribution in [2.45, 2.75) is 45.5 Å². The van der Waals surface area contributed by atoms with E-state index in [-0.39, 0.29) is 12.3 Å². The first kappa shape index (κ1) is 8.95. The van der Waals surface area contributed by atoms with Gasteiger partial charge in [-0.05, 0) is 25.2 Å². The monoisotopic (exact) mass is 162 g/mol. The number of alkyl halides is 2. The van der Waals surface area contributed by atoms with Gasteiger partial charge in [0, 0.05) is 12.3 Å². The van der Waals surface area contributed by atoms with Crippen LogP contribution in [0.15, 0.2) is 0 Å². The molecule has 1 saturated carbocycles. The third-order valence-electron chi connectivity index (χ3n) is 2.75. The molecule has 0 heterocycles. The molecule has 0 spiro atoms. The predicted octanol–water partition coefficient (Wildman–Crippen LogP) is 3.47. The van der Waals surface area contributed by atoms with Gasteiger partial charge < -0.3 is 0 Å². The summed E-state index contributed by atoms with van der Waals surface area (Å²) in [7, 11) is 0. The van der Waals surface area contributed by atoms with Crippen molar-refractivity contribution < 1.29 is 8.78 Å². The van der Waals surface area contributed by atoms with Crippen molar-refractivity contribution >= 4 is 0 Å². The highest BCUT2D eigenvalue weighted by Gasteiger charge is 2.41. The maximum absolute atomic E-state index is 13.0. The van der Waals surface area contributed by atoms with Crippen molar-refractivity contribution in [2.24, 2.45) is 11.8 Å². The second kappa shape index (κ2) is 3.08. The lowest BCUT2D eigenvalue weighted by molar-refractivity contribution is -0.0969. The van der Waals surface area contributed by atoms with Crippen molar-refractivity contribution in [3.05, 3.63) is 0 Å². The van der Waals surface area contributed by atoms with E-state index < -0.39 is 5.92 Å². The quantitative estimate of drug-likeness (QED) is 0.553. The van der Waals surface area contributed by atoms with Crippen LogP contribution in [0, 0.1) is 11.8 Å². The van der Waals surface area contributed by atoms with E-state index >= 15 is 0 Å². The van der Waals surface area contributed by atoms with Gasteiger partial charge in [0.05, 0.1) is 0 Å². The standard InChI is InChI=1S/C9H16F2/c1-3-8-6-7(2)4-5-9(8,10)11/h7-8H,3-6H2,1-2H3. The molecule has 0 N–H and O–H groups in total. The lowest BCUT2D eigenvalue weighted by atomic mass is 9.78. The predicted molar refractivity (Wildman–Crippen MR) is 41.7 cm³/mol. The van der Waals surface area contributed by atoms with Crippen molar-refractivity contribution in [3.8, 4) is 0 Å². The molecule has 1 rings (SSSR count). The fourth-order valence-electron chi connectivity index (χ4n) is 1.88. The Labute approximate surface area is 67.0 Å². The molecule has 1 aliphatic carbocycles. The molecule has 0 bridgehead atoms. The summed E-state index contributed by atoms with van der Waals surface area (Å²) in [5.41, 5.74) is 0. The van der Waals surface area contributed by atoms with E-state index in [1.165, 1.54) is 0 Å². The van der Waals surface area contributed by atoms with Crippen molar-refractivity contribution in [1.29, 1.82) is 0 Å². The molecule has 1 aliphatic rings. The van der Waals surface area contributed by atoms with Crippen LogP contribution in [-0.2, 0) is 0 Å². The third-order valence-corrected chi connectivity index (χ3v) is 2.75. The molecule has 0 radical (unpaired) electrons. The largest absolute Gasteiger partial charge is 0.250 e. The number of halogens is 2. The molecule has 66 valence electrons. The van der Waals surface area contributed by atoms with Gasteiger partial charge in [-0.3, -0.25) is 0 Å². The summed E-state index contributed by atoms with van der Waals surface area (Å²) in [6, 6.07) is 0. The molecule has 0 amide bonds. The van der Waals surface area contributed by atoms with Gasteiger partial charge in [-0.2, -0.15) is 0 Å². The van der Waals surface area contributed by atoms with Gasteiger partial charge in [-0.15, -0.1) is 0 Å². The first-order valence-corrected chi connectivity index (χ1v) is 4.44. The smallest absolute Gasteiger partial charge is 0.207 e. The second-order valence-corrected chi connectivity index (χ2v) is 3.75. The topological polar surface area (TPSA) is 0 Å². The summed E-state index contributed by atoms with van der Waals surface area (Å²) >= 11 is 0. The minimum absolute atomic E-state index is 0.104. The molecule has 1 fully saturated rings. The van der Waals surface area contributed by atoms with Crippen LogP contribution in [-0.4, -0.2) is 5.92 Å². The minimum Gasteiger partial charge on any atom is -0.207 e. The molecule has 0 saturated heterocycles. The molecule has 0 aromatic heterocycles. The molecule has 0 aromatic carbocycles. The highest BCUT2D eigenvalue weighted by molar-refractivity contribution is 4.83. The summed E-state index contributed by atoms with van der Waals surface area (Å²) in [4.78, 5) is 0. The van der Waals surface area contributed by atoms with Gasteiger partial charge in [-0.1, -0.05) is 13.8 Å². The molecule has 2 unspecified atom stereocenters. The van der Waals surface area contributed by atoms with E-state index in [4.69, 9.17) is 0 Å². The molecular weight excluding hydrogens is 146 g/mol. The Balaban J connectivity index is 2.56.